The van der Waals surface area contributed by atoms with Gasteiger partial charge in [-0.05, 0) is 37.1 Å². The fourth-order valence-corrected chi connectivity index (χ4v) is 0.924. The highest BCUT2D eigenvalue weighted by atomic mass is 19.1. The molecule has 0 aliphatic heterocycles. The molecule has 0 N–H and O–H groups in total. The zero-order valence-corrected chi connectivity index (χ0v) is 7.03. The second-order valence-corrected chi connectivity index (χ2v) is 2.62. The Morgan fingerprint density at radius 3 is 2.42 bits per heavy atom. The molecule has 0 aromatic heterocycles. The van der Waals surface area contributed by atoms with Crippen molar-refractivity contribution in [2.45, 2.75) is 13.8 Å². The normalized spacial score (nSPS) is 10.0. The lowest BCUT2D eigenvalue weighted by Gasteiger charge is -2.05. The maximum Gasteiger partial charge on any atom is 0.228 e. The molecule has 1 aromatic carbocycles. The zero-order chi connectivity index (χ0) is 9.14. The molecule has 1 rings (SSSR count). The molecule has 0 atom stereocenters. The van der Waals surface area contributed by atoms with Crippen LogP contribution in [0.2, 0.25) is 0 Å². The van der Waals surface area contributed by atoms with Crippen LogP contribution in [-0.2, 0) is 0 Å². The van der Waals surface area contributed by atoms with Crippen LogP contribution in [0, 0.1) is 19.7 Å². The summed E-state index contributed by atoms with van der Waals surface area (Å²) in [7, 11) is 0. The Morgan fingerprint density at radius 1 is 1.25 bits per heavy atom. The molecule has 0 amide bonds. The second kappa shape index (κ2) is 3.52. The monoisotopic (exact) mass is 172 g/mol. The molecule has 3 heteroatoms. The summed E-state index contributed by atoms with van der Waals surface area (Å²) in [6.45, 7) is 2.61. The van der Waals surface area contributed by atoms with E-state index in [2.05, 4.69) is 4.74 Å². The van der Waals surface area contributed by atoms with E-state index in [-0.39, 0.29) is 5.75 Å². The second-order valence-electron chi connectivity index (χ2n) is 2.62. The minimum Gasteiger partial charge on any atom is -0.460 e. The van der Waals surface area contributed by atoms with Crippen LogP contribution < -0.4 is 4.74 Å². The molecule has 0 radical (unpaired) electrons. The molecular formula is C9H10F2O. The van der Waals surface area contributed by atoms with Gasteiger partial charge < -0.3 is 4.74 Å². The summed E-state index contributed by atoms with van der Waals surface area (Å²) in [5.74, 6) is -0.545. The molecular weight excluding hydrogens is 162 g/mol. The molecule has 0 saturated carbocycles. The van der Waals surface area contributed by atoms with E-state index in [1.807, 2.05) is 6.92 Å². The van der Waals surface area contributed by atoms with Crippen molar-refractivity contribution in [1.82, 2.24) is 0 Å². The summed E-state index contributed by atoms with van der Waals surface area (Å²) in [5.41, 5.74) is 1.72. The van der Waals surface area contributed by atoms with Gasteiger partial charge in [0.05, 0.1) is 0 Å². The fraction of sp³-hybridized carbons (Fsp3) is 0.333. The number of rotatable bonds is 2. The summed E-state index contributed by atoms with van der Waals surface area (Å²) in [5, 5.41) is 0. The van der Waals surface area contributed by atoms with Gasteiger partial charge in [0.15, 0.2) is 11.6 Å². The van der Waals surface area contributed by atoms with E-state index in [9.17, 15) is 8.78 Å². The van der Waals surface area contributed by atoms with Crippen molar-refractivity contribution in [1.29, 1.82) is 0 Å². The van der Waals surface area contributed by atoms with Gasteiger partial charge in [0.2, 0.25) is 6.86 Å². The summed E-state index contributed by atoms with van der Waals surface area (Å²) in [6, 6.07) is 2.82. The molecule has 12 heavy (non-hydrogen) atoms. The first-order valence-corrected chi connectivity index (χ1v) is 3.60. The third kappa shape index (κ3) is 1.72. The summed E-state index contributed by atoms with van der Waals surface area (Å²) in [4.78, 5) is 0. The minimum atomic E-state index is -1.00. The Bertz CT molecular complexity index is 284. The Kier molecular flexibility index (Phi) is 2.63. The van der Waals surface area contributed by atoms with Crippen LogP contribution in [0.4, 0.5) is 8.78 Å². The predicted octanol–water partition coefficient (Wildman–Crippen LogP) is 2.75. The van der Waals surface area contributed by atoms with Crippen molar-refractivity contribution in [3.05, 3.63) is 29.1 Å². The quantitative estimate of drug-likeness (QED) is 0.666. The number of benzene rings is 1. The smallest absolute Gasteiger partial charge is 0.228 e. The van der Waals surface area contributed by atoms with Gasteiger partial charge in [0.1, 0.15) is 0 Å². The van der Waals surface area contributed by atoms with Crippen LogP contribution >= 0.6 is 0 Å². The largest absolute Gasteiger partial charge is 0.460 e. The van der Waals surface area contributed by atoms with Gasteiger partial charge in [-0.15, -0.1) is 0 Å². The van der Waals surface area contributed by atoms with E-state index >= 15 is 0 Å². The van der Waals surface area contributed by atoms with Crippen LogP contribution in [0.15, 0.2) is 12.1 Å². The minimum absolute atomic E-state index is 0.0272. The molecule has 0 saturated heterocycles. The highest BCUT2D eigenvalue weighted by Crippen LogP contribution is 2.21. The Morgan fingerprint density at radius 2 is 1.83 bits per heavy atom. The number of hydrogen-bond acceptors (Lipinski definition) is 1. The van der Waals surface area contributed by atoms with Gasteiger partial charge in [-0.1, -0.05) is 0 Å². The highest BCUT2D eigenvalue weighted by Gasteiger charge is 2.05. The first-order valence-electron chi connectivity index (χ1n) is 3.60. The van der Waals surface area contributed by atoms with Crippen molar-refractivity contribution >= 4 is 0 Å². The third-order valence-corrected chi connectivity index (χ3v) is 1.76. The summed E-state index contributed by atoms with van der Waals surface area (Å²) < 4.78 is 29.1. The molecule has 0 aliphatic carbocycles. The van der Waals surface area contributed by atoms with Gasteiger partial charge in [-0.25, -0.2) is 8.78 Å². The lowest BCUT2D eigenvalue weighted by Crippen LogP contribution is -1.95. The average molecular weight is 172 g/mol. The zero-order valence-electron chi connectivity index (χ0n) is 7.03. The summed E-state index contributed by atoms with van der Waals surface area (Å²) >= 11 is 0. The van der Waals surface area contributed by atoms with Gasteiger partial charge in [-0.2, -0.15) is 0 Å². The fourth-order valence-electron chi connectivity index (χ4n) is 0.924. The van der Waals surface area contributed by atoms with Crippen molar-refractivity contribution in [3.8, 4) is 5.75 Å². The SMILES string of the molecule is Cc1cc(F)c(OCF)cc1C. The first-order chi connectivity index (χ1) is 5.65. The van der Waals surface area contributed by atoms with Crippen LogP contribution in [0.5, 0.6) is 5.75 Å². The summed E-state index contributed by atoms with van der Waals surface area (Å²) in [6.07, 6.45) is 0. The van der Waals surface area contributed by atoms with Gasteiger partial charge in [0, 0.05) is 0 Å². The van der Waals surface area contributed by atoms with Crippen LogP contribution in [0.25, 0.3) is 0 Å². The average Bonchev–Trinajstić information content (AvgIpc) is 2.01. The maximum absolute atomic E-state index is 12.9. The van der Waals surface area contributed by atoms with Crippen molar-refractivity contribution in [3.63, 3.8) is 0 Å². The topological polar surface area (TPSA) is 9.23 Å². The first kappa shape index (κ1) is 8.97. The number of ether oxygens (including phenoxy) is 1. The Labute approximate surface area is 70.0 Å². The number of aryl methyl sites for hydroxylation is 2. The molecule has 0 spiro atoms. The lowest BCUT2D eigenvalue weighted by atomic mass is 10.1. The van der Waals surface area contributed by atoms with Gasteiger partial charge in [-0.3, -0.25) is 0 Å². The predicted molar refractivity (Wildman–Crippen MR) is 42.5 cm³/mol. The molecule has 1 aromatic rings. The van der Waals surface area contributed by atoms with Gasteiger partial charge in [0.25, 0.3) is 0 Å². The van der Waals surface area contributed by atoms with Crippen molar-refractivity contribution in [2.75, 3.05) is 6.86 Å². The molecule has 0 unspecified atom stereocenters. The highest BCUT2D eigenvalue weighted by molar-refractivity contribution is 5.35. The van der Waals surface area contributed by atoms with Crippen LogP contribution in [0.1, 0.15) is 11.1 Å². The Hall–Kier alpha value is -1.12. The van der Waals surface area contributed by atoms with Gasteiger partial charge >= 0.3 is 0 Å². The number of alkyl halides is 1. The van der Waals surface area contributed by atoms with Crippen LogP contribution in [0.3, 0.4) is 0 Å². The Balaban J connectivity index is 3.05. The van der Waals surface area contributed by atoms with E-state index < -0.39 is 12.7 Å². The molecule has 0 aliphatic rings. The van der Waals surface area contributed by atoms with Crippen LogP contribution in [-0.4, -0.2) is 6.86 Å². The number of hydrogen-bond donors (Lipinski definition) is 0. The van der Waals surface area contributed by atoms with E-state index in [0.717, 1.165) is 11.1 Å². The third-order valence-electron chi connectivity index (χ3n) is 1.76. The lowest BCUT2D eigenvalue weighted by molar-refractivity contribution is 0.184. The molecule has 66 valence electrons. The van der Waals surface area contributed by atoms with Crippen molar-refractivity contribution in [2.24, 2.45) is 0 Å². The molecule has 0 bridgehead atoms. The standard InChI is InChI=1S/C9H10F2O/c1-6-3-8(11)9(12-5-10)4-7(6)2/h3-4H,5H2,1-2H3. The van der Waals surface area contributed by atoms with E-state index in [0.29, 0.717) is 0 Å². The van der Waals surface area contributed by atoms with Crippen molar-refractivity contribution < 1.29 is 13.5 Å². The molecule has 0 fully saturated rings. The molecule has 0 heterocycles. The van der Waals surface area contributed by atoms with E-state index in [1.165, 1.54) is 12.1 Å². The molecule has 1 nitrogen and oxygen atoms in total. The maximum atomic E-state index is 12.9. The van der Waals surface area contributed by atoms with E-state index in [4.69, 9.17) is 0 Å². The van der Waals surface area contributed by atoms with E-state index in [1.54, 1.807) is 6.92 Å². The number of halogens is 2.